The molecule has 0 spiro atoms. The van der Waals surface area contributed by atoms with E-state index in [0.717, 1.165) is 30.9 Å². The summed E-state index contributed by atoms with van der Waals surface area (Å²) in [5, 5.41) is 4.22. The van der Waals surface area contributed by atoms with Crippen LogP contribution in [0.5, 0.6) is 5.75 Å². The Morgan fingerprint density at radius 1 is 1.32 bits per heavy atom. The van der Waals surface area contributed by atoms with E-state index in [1.165, 1.54) is 0 Å². The number of rotatable bonds is 8. The van der Waals surface area contributed by atoms with Crippen LogP contribution in [-0.2, 0) is 4.74 Å². The number of halogens is 1. The van der Waals surface area contributed by atoms with Gasteiger partial charge in [-0.05, 0) is 31.0 Å². The Morgan fingerprint density at radius 3 is 2.63 bits per heavy atom. The van der Waals surface area contributed by atoms with Gasteiger partial charge in [0.25, 0.3) is 0 Å². The molecule has 0 fully saturated rings. The lowest BCUT2D eigenvalue weighted by atomic mass is 9.91. The van der Waals surface area contributed by atoms with Gasteiger partial charge in [0.05, 0.1) is 7.11 Å². The first kappa shape index (κ1) is 16.3. The van der Waals surface area contributed by atoms with E-state index < -0.39 is 0 Å². The van der Waals surface area contributed by atoms with Gasteiger partial charge in [-0.25, -0.2) is 0 Å². The van der Waals surface area contributed by atoms with Gasteiger partial charge in [0.1, 0.15) is 5.75 Å². The first-order valence-electron chi connectivity index (χ1n) is 6.69. The second-order valence-corrected chi connectivity index (χ2v) is 5.12. The van der Waals surface area contributed by atoms with Crippen LogP contribution in [0.3, 0.4) is 0 Å². The summed E-state index contributed by atoms with van der Waals surface area (Å²) >= 11 is 6.02. The van der Waals surface area contributed by atoms with Crippen LogP contribution in [0.2, 0.25) is 5.02 Å². The summed E-state index contributed by atoms with van der Waals surface area (Å²) in [4.78, 5) is 0. The molecule has 0 aliphatic carbocycles. The van der Waals surface area contributed by atoms with Crippen LogP contribution in [0.25, 0.3) is 0 Å². The van der Waals surface area contributed by atoms with E-state index in [0.29, 0.717) is 10.9 Å². The average Bonchev–Trinajstić information content (AvgIpc) is 2.42. The van der Waals surface area contributed by atoms with Crippen molar-refractivity contribution in [1.82, 2.24) is 5.32 Å². The molecule has 0 aliphatic heterocycles. The summed E-state index contributed by atoms with van der Waals surface area (Å²) in [6.45, 7) is 6.01. The minimum absolute atomic E-state index is 0.243. The zero-order valence-corrected chi connectivity index (χ0v) is 13.0. The number of ether oxygens (including phenoxy) is 2. The fraction of sp³-hybridized carbons (Fsp3) is 0.600. The minimum Gasteiger partial charge on any atom is -0.496 e. The molecule has 108 valence electrons. The zero-order valence-electron chi connectivity index (χ0n) is 12.2. The first-order valence-corrected chi connectivity index (χ1v) is 7.07. The largest absolute Gasteiger partial charge is 0.496 e. The molecule has 0 aliphatic rings. The van der Waals surface area contributed by atoms with Crippen molar-refractivity contribution in [3.8, 4) is 5.75 Å². The summed E-state index contributed by atoms with van der Waals surface area (Å²) < 4.78 is 10.6. The Bertz CT molecular complexity index is 384. The third-order valence-corrected chi connectivity index (χ3v) is 3.54. The van der Waals surface area contributed by atoms with E-state index in [-0.39, 0.29) is 6.04 Å². The normalized spacial score (nSPS) is 14.2. The molecule has 0 amide bonds. The highest BCUT2D eigenvalue weighted by Gasteiger charge is 2.21. The number of hydrogen-bond donors (Lipinski definition) is 1. The summed E-state index contributed by atoms with van der Waals surface area (Å²) in [7, 11) is 3.41. The van der Waals surface area contributed by atoms with Crippen LogP contribution in [0.1, 0.15) is 31.9 Å². The van der Waals surface area contributed by atoms with Gasteiger partial charge in [0.15, 0.2) is 0 Å². The van der Waals surface area contributed by atoms with E-state index in [4.69, 9.17) is 21.1 Å². The lowest BCUT2D eigenvalue weighted by molar-refractivity contribution is 0.170. The molecular weight excluding hydrogens is 262 g/mol. The Kier molecular flexibility index (Phi) is 7.21. The van der Waals surface area contributed by atoms with Crippen LogP contribution in [0, 0.1) is 5.92 Å². The van der Waals surface area contributed by atoms with Crippen molar-refractivity contribution in [2.75, 3.05) is 27.4 Å². The highest BCUT2D eigenvalue weighted by Crippen LogP contribution is 2.33. The number of nitrogens with one attached hydrogen (secondary N) is 1. The number of methoxy groups -OCH3 is 2. The van der Waals surface area contributed by atoms with Crippen molar-refractivity contribution in [2.45, 2.75) is 26.3 Å². The molecule has 1 N–H and O–H groups in total. The van der Waals surface area contributed by atoms with Gasteiger partial charge in [-0.2, -0.15) is 0 Å². The molecule has 0 radical (unpaired) electrons. The van der Waals surface area contributed by atoms with Gasteiger partial charge in [-0.15, -0.1) is 0 Å². The van der Waals surface area contributed by atoms with Crippen molar-refractivity contribution in [3.63, 3.8) is 0 Å². The highest BCUT2D eigenvalue weighted by molar-refractivity contribution is 6.30. The number of benzene rings is 1. The molecule has 2 unspecified atom stereocenters. The van der Waals surface area contributed by atoms with Gasteiger partial charge in [-0.3, -0.25) is 0 Å². The molecule has 1 aromatic rings. The lowest BCUT2D eigenvalue weighted by Crippen LogP contribution is -2.28. The van der Waals surface area contributed by atoms with Gasteiger partial charge in [-0.1, -0.05) is 31.5 Å². The predicted octanol–water partition coefficient (Wildman–Crippen LogP) is 3.67. The maximum Gasteiger partial charge on any atom is 0.125 e. The number of hydrogen-bond acceptors (Lipinski definition) is 3. The highest BCUT2D eigenvalue weighted by atomic mass is 35.5. The third kappa shape index (κ3) is 4.68. The van der Waals surface area contributed by atoms with Crippen LogP contribution in [0.15, 0.2) is 18.2 Å². The Morgan fingerprint density at radius 2 is 2.05 bits per heavy atom. The summed E-state index contributed by atoms with van der Waals surface area (Å²) in [6.07, 6.45) is 1.000. The van der Waals surface area contributed by atoms with Crippen molar-refractivity contribution in [1.29, 1.82) is 0 Å². The third-order valence-electron chi connectivity index (χ3n) is 3.30. The van der Waals surface area contributed by atoms with Gasteiger partial charge < -0.3 is 14.8 Å². The molecule has 0 saturated heterocycles. The molecule has 0 saturated carbocycles. The van der Waals surface area contributed by atoms with E-state index >= 15 is 0 Å². The van der Waals surface area contributed by atoms with Crippen molar-refractivity contribution >= 4 is 11.6 Å². The van der Waals surface area contributed by atoms with Crippen LogP contribution in [0.4, 0.5) is 0 Å². The minimum atomic E-state index is 0.243. The molecule has 0 aromatic heterocycles. The zero-order chi connectivity index (χ0) is 14.3. The van der Waals surface area contributed by atoms with Gasteiger partial charge in [0.2, 0.25) is 0 Å². The maximum absolute atomic E-state index is 6.02. The average molecular weight is 286 g/mol. The fourth-order valence-corrected chi connectivity index (χ4v) is 2.41. The molecular formula is C15H24ClNO2. The first-order chi connectivity index (χ1) is 9.13. The SMILES string of the molecule is CCNC(c1ccc(Cl)cc1OC)C(C)CCOC. The monoisotopic (exact) mass is 285 g/mol. The summed E-state index contributed by atoms with van der Waals surface area (Å²) in [5.74, 6) is 1.29. The molecule has 1 aromatic carbocycles. The van der Waals surface area contributed by atoms with Gasteiger partial charge >= 0.3 is 0 Å². The summed E-state index contributed by atoms with van der Waals surface area (Å²) in [5.41, 5.74) is 1.15. The van der Waals surface area contributed by atoms with Gasteiger partial charge in [0, 0.05) is 30.3 Å². The standard InChI is InChI=1S/C15H24ClNO2/c1-5-17-15(11(2)8-9-18-3)13-7-6-12(16)10-14(13)19-4/h6-7,10-11,15,17H,5,8-9H2,1-4H3. The van der Waals surface area contributed by atoms with Crippen molar-refractivity contribution in [3.05, 3.63) is 28.8 Å². The maximum atomic E-state index is 6.02. The molecule has 2 atom stereocenters. The van der Waals surface area contributed by atoms with E-state index in [1.807, 2.05) is 18.2 Å². The Labute approximate surface area is 121 Å². The molecule has 0 bridgehead atoms. The smallest absolute Gasteiger partial charge is 0.125 e. The molecule has 0 heterocycles. The Balaban J connectivity index is 2.97. The Hall–Kier alpha value is -0.770. The van der Waals surface area contributed by atoms with Crippen molar-refractivity contribution < 1.29 is 9.47 Å². The summed E-state index contributed by atoms with van der Waals surface area (Å²) in [6, 6.07) is 6.06. The van der Waals surface area contributed by atoms with Crippen molar-refractivity contribution in [2.24, 2.45) is 5.92 Å². The van der Waals surface area contributed by atoms with Crippen LogP contribution in [-0.4, -0.2) is 27.4 Å². The quantitative estimate of drug-likeness (QED) is 0.790. The van der Waals surface area contributed by atoms with Crippen LogP contribution < -0.4 is 10.1 Å². The molecule has 19 heavy (non-hydrogen) atoms. The molecule has 1 rings (SSSR count). The second kappa shape index (κ2) is 8.41. The molecule has 3 nitrogen and oxygen atoms in total. The van der Waals surface area contributed by atoms with E-state index in [1.54, 1.807) is 14.2 Å². The van der Waals surface area contributed by atoms with E-state index in [2.05, 4.69) is 19.2 Å². The topological polar surface area (TPSA) is 30.5 Å². The lowest BCUT2D eigenvalue weighted by Gasteiger charge is -2.26. The van der Waals surface area contributed by atoms with E-state index in [9.17, 15) is 0 Å². The molecule has 4 heteroatoms. The van der Waals surface area contributed by atoms with Crippen LogP contribution >= 0.6 is 11.6 Å². The second-order valence-electron chi connectivity index (χ2n) is 4.68. The fourth-order valence-electron chi connectivity index (χ4n) is 2.25. The predicted molar refractivity (Wildman–Crippen MR) is 80.1 cm³/mol.